The van der Waals surface area contributed by atoms with Crippen LogP contribution in [0.3, 0.4) is 0 Å². The summed E-state index contributed by atoms with van der Waals surface area (Å²) in [6, 6.07) is 10.1. The first-order chi connectivity index (χ1) is 11.8. The van der Waals surface area contributed by atoms with Crippen LogP contribution in [-0.2, 0) is 37.3 Å². The van der Waals surface area contributed by atoms with Crippen LogP contribution in [0.5, 0.6) is 5.75 Å². The first kappa shape index (κ1) is 15.2. The Kier molecular flexibility index (Phi) is 3.98. The van der Waals surface area contributed by atoms with Crippen molar-refractivity contribution in [3.8, 4) is 5.75 Å². The molecule has 124 valence electrons. The summed E-state index contributed by atoms with van der Waals surface area (Å²) in [7, 11) is 1.68. The third-order valence-electron chi connectivity index (χ3n) is 4.96. The number of methoxy groups -OCH3 is 1. The van der Waals surface area contributed by atoms with Gasteiger partial charge in [0.25, 0.3) is 5.91 Å². The summed E-state index contributed by atoms with van der Waals surface area (Å²) in [6.45, 7) is 1.58. The second kappa shape index (κ2) is 6.29. The summed E-state index contributed by atoms with van der Waals surface area (Å²) in [5.74, 6) is 0.803. The maximum Gasteiger partial charge on any atom is 0.251 e. The minimum Gasteiger partial charge on any atom is -0.496 e. The molecule has 4 nitrogen and oxygen atoms in total. The van der Waals surface area contributed by atoms with Gasteiger partial charge in [-0.05, 0) is 53.6 Å². The molecule has 2 aromatic carbocycles. The van der Waals surface area contributed by atoms with Gasteiger partial charge in [0, 0.05) is 17.7 Å². The van der Waals surface area contributed by atoms with Crippen molar-refractivity contribution >= 4 is 5.91 Å². The lowest BCUT2D eigenvalue weighted by molar-refractivity contribution is 0.0945. The molecule has 2 aliphatic rings. The highest BCUT2D eigenvalue weighted by atomic mass is 16.5. The third kappa shape index (κ3) is 2.67. The van der Waals surface area contributed by atoms with E-state index in [0.29, 0.717) is 25.3 Å². The highest BCUT2D eigenvalue weighted by Crippen LogP contribution is 2.30. The number of hydrogen-bond donors (Lipinski definition) is 1. The third-order valence-corrected chi connectivity index (χ3v) is 4.96. The Labute approximate surface area is 141 Å². The molecule has 0 radical (unpaired) electrons. The molecule has 0 atom stereocenters. The Hall–Kier alpha value is -2.33. The monoisotopic (exact) mass is 323 g/mol. The van der Waals surface area contributed by atoms with Gasteiger partial charge in [-0.25, -0.2) is 0 Å². The van der Waals surface area contributed by atoms with Crippen molar-refractivity contribution < 1.29 is 14.3 Å². The molecule has 1 N–H and O–H groups in total. The Balaban J connectivity index is 1.53. The van der Waals surface area contributed by atoms with Crippen molar-refractivity contribution in [2.24, 2.45) is 0 Å². The van der Waals surface area contributed by atoms with E-state index in [1.54, 1.807) is 7.11 Å². The Morgan fingerprint density at radius 1 is 1.17 bits per heavy atom. The van der Waals surface area contributed by atoms with E-state index in [0.717, 1.165) is 35.3 Å². The zero-order chi connectivity index (χ0) is 16.5. The second-order valence-corrected chi connectivity index (χ2v) is 6.41. The molecule has 0 saturated heterocycles. The van der Waals surface area contributed by atoms with Crippen molar-refractivity contribution in [3.05, 3.63) is 63.7 Å². The normalized spacial score (nSPS) is 15.0. The lowest BCUT2D eigenvalue weighted by atomic mass is 10.0. The minimum absolute atomic E-state index is 0.0556. The molecule has 0 fully saturated rings. The molecule has 1 heterocycles. The van der Waals surface area contributed by atoms with Gasteiger partial charge >= 0.3 is 0 Å². The Morgan fingerprint density at radius 3 is 2.83 bits per heavy atom. The number of amides is 1. The molecule has 0 spiro atoms. The number of fused-ring (bicyclic) bond motifs is 2. The molecule has 2 aromatic rings. The molecule has 24 heavy (non-hydrogen) atoms. The van der Waals surface area contributed by atoms with Gasteiger partial charge in [-0.3, -0.25) is 4.79 Å². The quantitative estimate of drug-likeness (QED) is 0.940. The number of rotatable bonds is 4. The van der Waals surface area contributed by atoms with Crippen LogP contribution in [0.15, 0.2) is 30.3 Å². The van der Waals surface area contributed by atoms with E-state index >= 15 is 0 Å². The topological polar surface area (TPSA) is 47.6 Å². The van der Waals surface area contributed by atoms with Gasteiger partial charge in [0.1, 0.15) is 5.75 Å². The number of carbonyl (C=O) groups excluding carboxylic acids is 1. The first-order valence-corrected chi connectivity index (χ1v) is 8.41. The van der Waals surface area contributed by atoms with Gasteiger partial charge in [0.15, 0.2) is 0 Å². The second-order valence-electron chi connectivity index (χ2n) is 6.41. The van der Waals surface area contributed by atoms with Gasteiger partial charge in [-0.15, -0.1) is 0 Å². The van der Waals surface area contributed by atoms with Crippen LogP contribution in [0.25, 0.3) is 0 Å². The van der Waals surface area contributed by atoms with Crippen LogP contribution in [-0.4, -0.2) is 13.0 Å². The number of ether oxygens (including phenoxy) is 2. The molecule has 0 unspecified atom stereocenters. The van der Waals surface area contributed by atoms with Crippen molar-refractivity contribution in [2.45, 2.75) is 39.0 Å². The summed E-state index contributed by atoms with van der Waals surface area (Å²) in [5.41, 5.74) is 6.63. The molecule has 1 amide bonds. The minimum atomic E-state index is -0.0556. The number of benzene rings is 2. The average Bonchev–Trinajstić information content (AvgIpc) is 3.26. The molecule has 0 aromatic heterocycles. The van der Waals surface area contributed by atoms with Crippen molar-refractivity contribution in [1.29, 1.82) is 0 Å². The fourth-order valence-electron chi connectivity index (χ4n) is 3.67. The summed E-state index contributed by atoms with van der Waals surface area (Å²) in [4.78, 5) is 12.6. The Bertz CT molecular complexity index is 798. The van der Waals surface area contributed by atoms with E-state index in [9.17, 15) is 4.79 Å². The molecular formula is C20H21NO3. The van der Waals surface area contributed by atoms with Crippen molar-refractivity contribution in [1.82, 2.24) is 5.32 Å². The standard InChI is InChI=1S/C20H21NO3/c1-23-19-9-14-5-2-4-13(14)8-16(19)10-21-20(22)17-7-3-6-15-11-24-12-18(15)17/h3,6-9H,2,4-5,10-12H2,1H3,(H,21,22). The SMILES string of the molecule is COc1cc2c(cc1CNC(=O)c1cccc3c1COC3)CCC2. The van der Waals surface area contributed by atoms with Crippen LogP contribution >= 0.6 is 0 Å². The van der Waals surface area contributed by atoms with Gasteiger partial charge in [0.2, 0.25) is 0 Å². The summed E-state index contributed by atoms with van der Waals surface area (Å²) < 4.78 is 11.0. The highest BCUT2D eigenvalue weighted by Gasteiger charge is 2.20. The van der Waals surface area contributed by atoms with Crippen LogP contribution in [0, 0.1) is 0 Å². The number of carbonyl (C=O) groups is 1. The van der Waals surface area contributed by atoms with Crippen LogP contribution in [0.4, 0.5) is 0 Å². The summed E-state index contributed by atoms with van der Waals surface area (Å²) in [6.07, 6.45) is 3.43. The fourth-order valence-corrected chi connectivity index (χ4v) is 3.67. The van der Waals surface area contributed by atoms with Crippen LogP contribution in [0.2, 0.25) is 0 Å². The van der Waals surface area contributed by atoms with E-state index in [4.69, 9.17) is 9.47 Å². The number of hydrogen-bond acceptors (Lipinski definition) is 3. The average molecular weight is 323 g/mol. The fraction of sp³-hybridized carbons (Fsp3) is 0.350. The summed E-state index contributed by atoms with van der Waals surface area (Å²) >= 11 is 0. The molecule has 1 aliphatic heterocycles. The van der Waals surface area contributed by atoms with Gasteiger partial charge < -0.3 is 14.8 Å². The maximum absolute atomic E-state index is 12.6. The number of aryl methyl sites for hydroxylation is 2. The van der Waals surface area contributed by atoms with Gasteiger partial charge in [0.05, 0.1) is 20.3 Å². The number of nitrogens with one attached hydrogen (secondary N) is 1. The molecule has 4 rings (SSSR count). The van der Waals surface area contributed by atoms with E-state index in [-0.39, 0.29) is 5.91 Å². The first-order valence-electron chi connectivity index (χ1n) is 8.41. The molecule has 4 heteroatoms. The predicted molar refractivity (Wildman–Crippen MR) is 91.1 cm³/mol. The zero-order valence-corrected chi connectivity index (χ0v) is 13.9. The summed E-state index contributed by atoms with van der Waals surface area (Å²) in [5, 5.41) is 3.04. The predicted octanol–water partition coefficient (Wildman–Crippen LogP) is 3.14. The van der Waals surface area contributed by atoms with Gasteiger partial charge in [-0.1, -0.05) is 18.2 Å². The van der Waals surface area contributed by atoms with E-state index < -0.39 is 0 Å². The molecule has 0 saturated carbocycles. The Morgan fingerprint density at radius 2 is 2.00 bits per heavy atom. The molecular weight excluding hydrogens is 302 g/mol. The maximum atomic E-state index is 12.6. The van der Waals surface area contributed by atoms with Gasteiger partial charge in [-0.2, -0.15) is 0 Å². The van der Waals surface area contributed by atoms with E-state index in [1.807, 2.05) is 18.2 Å². The molecule has 0 bridgehead atoms. The lowest BCUT2D eigenvalue weighted by Gasteiger charge is -2.13. The lowest BCUT2D eigenvalue weighted by Crippen LogP contribution is -2.24. The van der Waals surface area contributed by atoms with Crippen molar-refractivity contribution in [2.75, 3.05) is 7.11 Å². The van der Waals surface area contributed by atoms with Crippen LogP contribution in [0.1, 0.15) is 44.6 Å². The van der Waals surface area contributed by atoms with E-state index in [1.165, 1.54) is 17.5 Å². The van der Waals surface area contributed by atoms with E-state index in [2.05, 4.69) is 17.4 Å². The zero-order valence-electron chi connectivity index (χ0n) is 13.9. The smallest absolute Gasteiger partial charge is 0.251 e. The molecule has 1 aliphatic carbocycles. The highest BCUT2D eigenvalue weighted by molar-refractivity contribution is 5.96. The van der Waals surface area contributed by atoms with Crippen LogP contribution < -0.4 is 10.1 Å². The van der Waals surface area contributed by atoms with Crippen molar-refractivity contribution in [3.63, 3.8) is 0 Å². The largest absolute Gasteiger partial charge is 0.496 e.